The van der Waals surface area contributed by atoms with Gasteiger partial charge in [0.15, 0.2) is 0 Å². The van der Waals surface area contributed by atoms with Crippen molar-refractivity contribution in [2.75, 3.05) is 6.61 Å². The SMILES string of the molecule is CCCCOc1noc(C(=O)NC(C)C2CC3CCCC(C3)C2)c1S. The van der Waals surface area contributed by atoms with E-state index >= 15 is 0 Å². The molecule has 1 amide bonds. The average Bonchev–Trinajstić information content (AvgIpc) is 2.95. The average molecular weight is 367 g/mol. The van der Waals surface area contributed by atoms with E-state index in [9.17, 15) is 4.79 Å². The Bertz CT molecular complexity index is 577. The van der Waals surface area contributed by atoms with E-state index in [0.29, 0.717) is 23.3 Å². The van der Waals surface area contributed by atoms with Crippen molar-refractivity contribution < 1.29 is 14.1 Å². The summed E-state index contributed by atoms with van der Waals surface area (Å²) in [5.41, 5.74) is 0. The van der Waals surface area contributed by atoms with Crippen LogP contribution in [0.5, 0.6) is 5.88 Å². The Kier molecular flexibility index (Phi) is 6.31. The maximum atomic E-state index is 12.6. The lowest BCUT2D eigenvalue weighted by atomic mass is 9.66. The van der Waals surface area contributed by atoms with Crippen molar-refractivity contribution in [2.24, 2.45) is 17.8 Å². The molecule has 1 aromatic heterocycles. The monoisotopic (exact) mass is 366 g/mol. The van der Waals surface area contributed by atoms with Crippen molar-refractivity contribution in [1.82, 2.24) is 10.5 Å². The fraction of sp³-hybridized carbons (Fsp3) is 0.789. The van der Waals surface area contributed by atoms with Gasteiger partial charge in [-0.15, -0.1) is 12.6 Å². The first-order chi connectivity index (χ1) is 12.1. The second kappa shape index (κ2) is 8.47. The predicted molar refractivity (Wildman–Crippen MR) is 99.3 cm³/mol. The van der Waals surface area contributed by atoms with E-state index in [-0.39, 0.29) is 17.7 Å². The standard InChI is InChI=1S/C19H30N2O3S/c1-3-4-8-23-19-17(25)16(24-21-19)18(22)20-12(2)15-10-13-6-5-7-14(9-13)11-15/h12-15,25H,3-11H2,1-2H3,(H,20,22). The molecule has 0 spiro atoms. The number of carbonyl (C=O) groups excluding carboxylic acids is 1. The number of fused-ring (bicyclic) bond motifs is 2. The van der Waals surface area contributed by atoms with Crippen LogP contribution in [0.2, 0.25) is 0 Å². The highest BCUT2D eigenvalue weighted by atomic mass is 32.1. The minimum absolute atomic E-state index is 0.137. The third kappa shape index (κ3) is 4.52. The number of thiol groups is 1. The molecule has 2 aliphatic rings. The molecule has 25 heavy (non-hydrogen) atoms. The van der Waals surface area contributed by atoms with Gasteiger partial charge in [0, 0.05) is 6.04 Å². The molecule has 1 N–H and O–H groups in total. The van der Waals surface area contributed by atoms with Gasteiger partial charge in [-0.3, -0.25) is 4.79 Å². The number of carbonyl (C=O) groups is 1. The summed E-state index contributed by atoms with van der Waals surface area (Å²) in [6, 6.07) is 0.137. The fourth-order valence-corrected chi connectivity index (χ4v) is 4.66. The van der Waals surface area contributed by atoms with E-state index < -0.39 is 0 Å². The Labute approximate surface area is 155 Å². The molecule has 1 aromatic rings. The van der Waals surface area contributed by atoms with Crippen molar-refractivity contribution in [1.29, 1.82) is 0 Å². The van der Waals surface area contributed by atoms with Crippen LogP contribution in [0, 0.1) is 17.8 Å². The van der Waals surface area contributed by atoms with Gasteiger partial charge < -0.3 is 14.6 Å². The maximum absolute atomic E-state index is 12.6. The lowest BCUT2D eigenvalue weighted by Gasteiger charge is -2.41. The molecular weight excluding hydrogens is 336 g/mol. The number of unbranched alkanes of at least 4 members (excludes halogenated alkanes) is 1. The first-order valence-corrected chi connectivity index (χ1v) is 10.2. The normalized spacial score (nSPS) is 26.9. The van der Waals surface area contributed by atoms with Crippen LogP contribution in [0.4, 0.5) is 0 Å². The lowest BCUT2D eigenvalue weighted by molar-refractivity contribution is 0.0818. The molecule has 6 heteroatoms. The van der Waals surface area contributed by atoms with Gasteiger partial charge in [0.05, 0.1) is 6.61 Å². The molecule has 2 aliphatic carbocycles. The molecule has 0 aliphatic heterocycles. The smallest absolute Gasteiger partial charge is 0.291 e. The van der Waals surface area contributed by atoms with E-state index in [4.69, 9.17) is 9.26 Å². The van der Waals surface area contributed by atoms with Crippen molar-refractivity contribution in [3.63, 3.8) is 0 Å². The van der Waals surface area contributed by atoms with E-state index in [2.05, 4.69) is 36.9 Å². The van der Waals surface area contributed by atoms with Gasteiger partial charge in [-0.2, -0.15) is 0 Å². The van der Waals surface area contributed by atoms with E-state index in [1.54, 1.807) is 0 Å². The number of hydrogen-bond donors (Lipinski definition) is 2. The van der Waals surface area contributed by atoms with Crippen LogP contribution in [0.15, 0.2) is 9.42 Å². The summed E-state index contributed by atoms with van der Waals surface area (Å²) < 4.78 is 10.7. The van der Waals surface area contributed by atoms with Crippen molar-refractivity contribution in [3.05, 3.63) is 5.76 Å². The van der Waals surface area contributed by atoms with Crippen LogP contribution < -0.4 is 10.1 Å². The Morgan fingerprint density at radius 1 is 1.36 bits per heavy atom. The number of hydrogen-bond acceptors (Lipinski definition) is 5. The molecule has 2 fully saturated rings. The summed E-state index contributed by atoms with van der Waals surface area (Å²) in [4.78, 5) is 12.9. The Morgan fingerprint density at radius 3 is 2.76 bits per heavy atom. The second-order valence-corrected chi connectivity index (χ2v) is 8.21. The zero-order valence-corrected chi connectivity index (χ0v) is 16.2. The topological polar surface area (TPSA) is 64.4 Å². The Morgan fingerprint density at radius 2 is 2.08 bits per heavy atom. The lowest BCUT2D eigenvalue weighted by Crippen LogP contribution is -2.42. The van der Waals surface area contributed by atoms with E-state index in [0.717, 1.165) is 24.7 Å². The largest absolute Gasteiger partial charge is 0.475 e. The number of nitrogens with one attached hydrogen (secondary N) is 1. The molecule has 3 rings (SSSR count). The third-order valence-corrected chi connectivity index (χ3v) is 6.20. The summed E-state index contributed by atoms with van der Waals surface area (Å²) in [7, 11) is 0. The van der Waals surface area contributed by atoms with Gasteiger partial charge in [-0.25, -0.2) is 0 Å². The first kappa shape index (κ1) is 18.6. The van der Waals surface area contributed by atoms with Crippen LogP contribution in [-0.4, -0.2) is 23.7 Å². The summed E-state index contributed by atoms with van der Waals surface area (Å²) in [5, 5.41) is 6.94. The molecular formula is C19H30N2O3S. The van der Waals surface area contributed by atoms with Crippen molar-refractivity contribution in [2.45, 2.75) is 76.2 Å². The second-order valence-electron chi connectivity index (χ2n) is 7.76. The first-order valence-electron chi connectivity index (χ1n) is 9.70. The van der Waals surface area contributed by atoms with Gasteiger partial charge in [0.2, 0.25) is 5.76 Å². The van der Waals surface area contributed by atoms with Crippen molar-refractivity contribution >= 4 is 18.5 Å². The molecule has 2 bridgehead atoms. The van der Waals surface area contributed by atoms with Crippen LogP contribution in [0.3, 0.4) is 0 Å². The molecule has 1 heterocycles. The summed E-state index contributed by atoms with van der Waals surface area (Å²) in [5.74, 6) is 2.47. The third-order valence-electron chi connectivity index (χ3n) is 5.81. The van der Waals surface area contributed by atoms with E-state index in [1.165, 1.54) is 38.5 Å². The van der Waals surface area contributed by atoms with Crippen LogP contribution >= 0.6 is 12.6 Å². The van der Waals surface area contributed by atoms with Gasteiger partial charge in [0.1, 0.15) is 4.90 Å². The number of nitrogens with zero attached hydrogens (tertiary/aromatic N) is 1. The Hall–Kier alpha value is -1.17. The molecule has 0 saturated heterocycles. The minimum atomic E-state index is -0.244. The molecule has 0 radical (unpaired) electrons. The fourth-order valence-electron chi connectivity index (χ4n) is 4.41. The van der Waals surface area contributed by atoms with Gasteiger partial charge >= 0.3 is 0 Å². The highest BCUT2D eigenvalue weighted by Crippen LogP contribution is 2.43. The highest BCUT2D eigenvalue weighted by molar-refractivity contribution is 7.80. The zero-order chi connectivity index (χ0) is 17.8. The predicted octanol–water partition coefficient (Wildman–Crippen LogP) is 4.48. The van der Waals surface area contributed by atoms with Gasteiger partial charge in [0.25, 0.3) is 11.8 Å². The van der Waals surface area contributed by atoms with E-state index in [1.807, 2.05) is 0 Å². The summed E-state index contributed by atoms with van der Waals surface area (Å²) in [6.07, 6.45) is 9.91. The van der Waals surface area contributed by atoms with Gasteiger partial charge in [-0.05, 0) is 55.5 Å². The minimum Gasteiger partial charge on any atom is -0.475 e. The quantitative estimate of drug-likeness (QED) is 0.552. The zero-order valence-electron chi connectivity index (χ0n) is 15.3. The number of rotatable bonds is 7. The summed E-state index contributed by atoms with van der Waals surface area (Å²) >= 11 is 4.36. The molecule has 3 atom stereocenters. The van der Waals surface area contributed by atoms with Gasteiger partial charge in [-0.1, -0.05) is 32.6 Å². The molecule has 3 unspecified atom stereocenters. The number of ether oxygens (including phenoxy) is 1. The molecule has 140 valence electrons. The van der Waals surface area contributed by atoms with Crippen LogP contribution in [-0.2, 0) is 0 Å². The molecule has 5 nitrogen and oxygen atoms in total. The number of amides is 1. The highest BCUT2D eigenvalue weighted by Gasteiger charge is 2.35. The van der Waals surface area contributed by atoms with Crippen LogP contribution in [0.25, 0.3) is 0 Å². The molecule has 0 aromatic carbocycles. The molecule has 2 saturated carbocycles. The van der Waals surface area contributed by atoms with Crippen LogP contribution in [0.1, 0.15) is 75.8 Å². The maximum Gasteiger partial charge on any atom is 0.291 e. The number of aromatic nitrogens is 1. The summed E-state index contributed by atoms with van der Waals surface area (Å²) in [6.45, 7) is 4.75. The Balaban J connectivity index is 1.56. The van der Waals surface area contributed by atoms with Crippen molar-refractivity contribution in [3.8, 4) is 5.88 Å².